The molecule has 0 fully saturated rings. The number of benzene rings is 1. The summed E-state index contributed by atoms with van der Waals surface area (Å²) in [7, 11) is 0. The first-order chi connectivity index (χ1) is 10.2. The molecular weight excluding hydrogens is 332 g/mol. The van der Waals surface area contributed by atoms with Crippen molar-refractivity contribution in [3.05, 3.63) is 46.7 Å². The van der Waals surface area contributed by atoms with Crippen molar-refractivity contribution in [3.63, 3.8) is 0 Å². The second kappa shape index (κ2) is 7.95. The molecule has 1 amide bonds. The van der Waals surface area contributed by atoms with Gasteiger partial charge < -0.3 is 10.6 Å². The monoisotopic (exact) mass is 350 g/mol. The third-order valence-corrected chi connectivity index (χ3v) is 3.40. The third kappa shape index (κ3) is 4.68. The Morgan fingerprint density at radius 1 is 1.29 bits per heavy atom. The van der Waals surface area contributed by atoms with E-state index < -0.39 is 0 Å². The van der Waals surface area contributed by atoms with E-state index in [1.807, 2.05) is 24.3 Å². The van der Waals surface area contributed by atoms with Gasteiger partial charge in [0.2, 0.25) is 0 Å². The van der Waals surface area contributed by atoms with Gasteiger partial charge in [0.25, 0.3) is 5.91 Å². The summed E-state index contributed by atoms with van der Waals surface area (Å²) in [5.41, 5.74) is 1.33. The molecule has 2 aromatic rings. The zero-order valence-electron chi connectivity index (χ0n) is 12.0. The van der Waals surface area contributed by atoms with E-state index in [1.165, 1.54) is 0 Å². The maximum Gasteiger partial charge on any atom is 0.271 e. The fourth-order valence-corrected chi connectivity index (χ4v) is 2.25. The molecule has 21 heavy (non-hydrogen) atoms. The summed E-state index contributed by atoms with van der Waals surface area (Å²) < 4.78 is 2.66. The van der Waals surface area contributed by atoms with E-state index >= 15 is 0 Å². The van der Waals surface area contributed by atoms with Crippen molar-refractivity contribution in [2.45, 2.75) is 13.3 Å². The van der Waals surface area contributed by atoms with Crippen molar-refractivity contribution in [1.82, 2.24) is 20.4 Å². The lowest BCUT2D eigenvalue weighted by molar-refractivity contribution is 0.0948. The summed E-state index contributed by atoms with van der Waals surface area (Å²) in [5.74, 6) is -0.151. The van der Waals surface area contributed by atoms with Gasteiger partial charge in [-0.25, -0.2) is 4.68 Å². The lowest BCUT2D eigenvalue weighted by Gasteiger charge is -2.04. The van der Waals surface area contributed by atoms with Crippen LogP contribution in [0, 0.1) is 0 Å². The summed E-state index contributed by atoms with van der Waals surface area (Å²) in [4.78, 5) is 12.0. The second-order valence-electron chi connectivity index (χ2n) is 4.63. The number of nitrogens with zero attached hydrogens (tertiary/aromatic N) is 2. The molecule has 112 valence electrons. The van der Waals surface area contributed by atoms with Crippen LogP contribution < -0.4 is 10.6 Å². The molecule has 0 bridgehead atoms. The first-order valence-electron chi connectivity index (χ1n) is 7.01. The summed E-state index contributed by atoms with van der Waals surface area (Å²) in [6.07, 6.45) is 2.87. The largest absolute Gasteiger partial charge is 0.349 e. The van der Waals surface area contributed by atoms with Gasteiger partial charge in [-0.05, 0) is 37.2 Å². The van der Waals surface area contributed by atoms with Gasteiger partial charge in [-0.3, -0.25) is 4.79 Å². The fourth-order valence-electron chi connectivity index (χ4n) is 1.86. The second-order valence-corrected chi connectivity index (χ2v) is 5.55. The van der Waals surface area contributed by atoms with Crippen LogP contribution in [-0.2, 0) is 0 Å². The van der Waals surface area contributed by atoms with E-state index in [-0.39, 0.29) is 5.91 Å². The van der Waals surface area contributed by atoms with E-state index in [4.69, 9.17) is 0 Å². The molecule has 0 unspecified atom stereocenters. The lowest BCUT2D eigenvalue weighted by Crippen LogP contribution is -2.32. The van der Waals surface area contributed by atoms with Gasteiger partial charge in [-0.2, -0.15) is 5.10 Å². The van der Waals surface area contributed by atoms with Crippen LogP contribution in [0.3, 0.4) is 0 Å². The van der Waals surface area contributed by atoms with E-state index in [2.05, 4.69) is 38.6 Å². The normalized spacial score (nSPS) is 10.6. The molecule has 0 spiro atoms. The van der Waals surface area contributed by atoms with Crippen molar-refractivity contribution in [2.24, 2.45) is 0 Å². The van der Waals surface area contributed by atoms with E-state index in [0.717, 1.165) is 29.7 Å². The maximum atomic E-state index is 12.0. The number of halogens is 1. The molecule has 6 heteroatoms. The predicted octanol–water partition coefficient (Wildman–Crippen LogP) is 2.36. The molecule has 1 aromatic heterocycles. The molecular formula is C15H19BrN4O. The number of aromatic nitrogens is 2. The lowest BCUT2D eigenvalue weighted by atomic mass is 10.3. The Labute approximate surface area is 132 Å². The molecule has 1 heterocycles. The molecule has 5 nitrogen and oxygen atoms in total. The average molecular weight is 351 g/mol. The minimum atomic E-state index is -0.151. The highest BCUT2D eigenvalue weighted by atomic mass is 79.9. The zero-order chi connectivity index (χ0) is 15.1. The molecule has 0 atom stereocenters. The highest BCUT2D eigenvalue weighted by molar-refractivity contribution is 9.10. The number of amides is 1. The topological polar surface area (TPSA) is 58.9 Å². The number of hydrogen-bond acceptors (Lipinski definition) is 3. The quantitative estimate of drug-likeness (QED) is 0.753. The molecule has 0 saturated heterocycles. The SMILES string of the molecule is CCCNCCNC(=O)c1ccn(-c2cccc(Br)c2)n1. The molecule has 0 aliphatic rings. The molecule has 2 N–H and O–H groups in total. The highest BCUT2D eigenvalue weighted by Gasteiger charge is 2.09. The van der Waals surface area contributed by atoms with Gasteiger partial charge in [-0.1, -0.05) is 28.9 Å². The smallest absolute Gasteiger partial charge is 0.271 e. The van der Waals surface area contributed by atoms with E-state index in [1.54, 1.807) is 16.9 Å². The van der Waals surface area contributed by atoms with Crippen LogP contribution in [0.1, 0.15) is 23.8 Å². The minimum Gasteiger partial charge on any atom is -0.349 e. The molecule has 0 aliphatic heterocycles. The van der Waals surface area contributed by atoms with E-state index in [0.29, 0.717) is 12.2 Å². The summed E-state index contributed by atoms with van der Waals surface area (Å²) in [6.45, 7) is 4.45. The van der Waals surface area contributed by atoms with Crippen LogP contribution in [0.4, 0.5) is 0 Å². The van der Waals surface area contributed by atoms with Crippen LogP contribution in [0.5, 0.6) is 0 Å². The van der Waals surface area contributed by atoms with Crippen LogP contribution in [0.15, 0.2) is 41.0 Å². The van der Waals surface area contributed by atoms with Gasteiger partial charge in [0.15, 0.2) is 5.69 Å². The van der Waals surface area contributed by atoms with Gasteiger partial charge in [0.05, 0.1) is 5.69 Å². The number of hydrogen-bond donors (Lipinski definition) is 2. The summed E-state index contributed by atoms with van der Waals surface area (Å²) >= 11 is 3.42. The molecule has 0 saturated carbocycles. The molecule has 0 aliphatic carbocycles. The van der Waals surface area contributed by atoms with Crippen LogP contribution >= 0.6 is 15.9 Å². The highest BCUT2D eigenvalue weighted by Crippen LogP contribution is 2.14. The Hall–Kier alpha value is -1.66. The van der Waals surface area contributed by atoms with Crippen molar-refractivity contribution in [1.29, 1.82) is 0 Å². The van der Waals surface area contributed by atoms with Crippen LogP contribution in [-0.4, -0.2) is 35.3 Å². The summed E-state index contributed by atoms with van der Waals surface area (Å²) in [6, 6.07) is 9.48. The van der Waals surface area contributed by atoms with Crippen LogP contribution in [0.25, 0.3) is 5.69 Å². The first kappa shape index (κ1) is 15.7. The number of rotatable bonds is 7. The minimum absolute atomic E-state index is 0.151. The first-order valence-corrected chi connectivity index (χ1v) is 7.80. The predicted molar refractivity (Wildman–Crippen MR) is 86.8 cm³/mol. The van der Waals surface area contributed by atoms with Gasteiger partial charge in [0.1, 0.15) is 0 Å². The summed E-state index contributed by atoms with van der Waals surface area (Å²) in [5, 5.41) is 10.4. The third-order valence-electron chi connectivity index (χ3n) is 2.91. The zero-order valence-corrected chi connectivity index (χ0v) is 13.6. The van der Waals surface area contributed by atoms with E-state index in [9.17, 15) is 4.79 Å². The van der Waals surface area contributed by atoms with Gasteiger partial charge in [-0.15, -0.1) is 0 Å². The maximum absolute atomic E-state index is 12.0. The number of carbonyl (C=O) groups excluding carboxylic acids is 1. The van der Waals surface area contributed by atoms with Gasteiger partial charge >= 0.3 is 0 Å². The Morgan fingerprint density at radius 3 is 2.90 bits per heavy atom. The number of nitrogens with one attached hydrogen (secondary N) is 2. The van der Waals surface area contributed by atoms with Crippen molar-refractivity contribution < 1.29 is 4.79 Å². The Bertz CT molecular complexity index is 597. The van der Waals surface area contributed by atoms with Crippen molar-refractivity contribution in [2.75, 3.05) is 19.6 Å². The fraction of sp³-hybridized carbons (Fsp3) is 0.333. The standard InChI is InChI=1S/C15H19BrN4O/c1-2-7-17-8-9-18-15(21)14-6-10-20(19-14)13-5-3-4-12(16)11-13/h3-6,10-11,17H,2,7-9H2,1H3,(H,18,21). The average Bonchev–Trinajstić information content (AvgIpc) is 2.97. The molecule has 2 rings (SSSR count). The molecule has 1 aromatic carbocycles. The van der Waals surface area contributed by atoms with Gasteiger partial charge in [0, 0.05) is 23.8 Å². The Balaban J connectivity index is 1.92. The van der Waals surface area contributed by atoms with Crippen molar-refractivity contribution >= 4 is 21.8 Å². The van der Waals surface area contributed by atoms with Crippen molar-refractivity contribution in [3.8, 4) is 5.69 Å². The Morgan fingerprint density at radius 2 is 2.14 bits per heavy atom. The van der Waals surface area contributed by atoms with Crippen LogP contribution in [0.2, 0.25) is 0 Å². The Kier molecular flexibility index (Phi) is 5.95. The molecule has 0 radical (unpaired) electrons. The number of carbonyl (C=O) groups is 1.